The van der Waals surface area contributed by atoms with Gasteiger partial charge in [0.1, 0.15) is 18.3 Å². The Kier molecular flexibility index (Phi) is 10.00. The van der Waals surface area contributed by atoms with E-state index in [-0.39, 0.29) is 71.0 Å². The SMILES string of the molecule is COC(=O)CC[C@@H](C)[C@H]1CC[C@H]2[C@@H]3[C@H](OC(=O)C(=O)c4ccccc4)C[C@@H]4C[C@H](OC(C)=O)CC[C@]4(C)[C@H]3C[C@H](OC(C)=O)[C@]12C. The van der Waals surface area contributed by atoms with E-state index in [1.54, 1.807) is 30.3 Å². The van der Waals surface area contributed by atoms with Crippen LogP contribution in [0.15, 0.2) is 30.3 Å². The van der Waals surface area contributed by atoms with Crippen LogP contribution in [-0.2, 0) is 38.1 Å². The third-order valence-corrected chi connectivity index (χ3v) is 12.6. The summed E-state index contributed by atoms with van der Waals surface area (Å²) in [5.41, 5.74) is -0.266. The van der Waals surface area contributed by atoms with Gasteiger partial charge in [0.15, 0.2) is 0 Å². The Bertz CT molecular complexity index is 1330. The molecule has 252 valence electrons. The molecule has 1 aromatic carbocycles. The summed E-state index contributed by atoms with van der Waals surface area (Å²) in [5, 5.41) is 0. The number of carbonyl (C=O) groups is 5. The summed E-state index contributed by atoms with van der Waals surface area (Å²) in [7, 11) is 1.40. The molecule has 46 heavy (non-hydrogen) atoms. The maximum absolute atomic E-state index is 13.5. The lowest BCUT2D eigenvalue weighted by atomic mass is 9.43. The van der Waals surface area contributed by atoms with Crippen molar-refractivity contribution in [1.82, 2.24) is 0 Å². The Morgan fingerprint density at radius 3 is 2.22 bits per heavy atom. The molecule has 0 heterocycles. The van der Waals surface area contributed by atoms with E-state index in [1.807, 2.05) is 0 Å². The van der Waals surface area contributed by atoms with Crippen LogP contribution < -0.4 is 0 Å². The van der Waals surface area contributed by atoms with E-state index in [2.05, 4.69) is 20.8 Å². The van der Waals surface area contributed by atoms with Crippen LogP contribution >= 0.6 is 0 Å². The highest BCUT2D eigenvalue weighted by atomic mass is 16.6. The molecule has 0 radical (unpaired) electrons. The lowest BCUT2D eigenvalue weighted by Gasteiger charge is -2.64. The molecule has 11 atom stereocenters. The Morgan fingerprint density at radius 1 is 0.870 bits per heavy atom. The Morgan fingerprint density at radius 2 is 1.57 bits per heavy atom. The number of benzene rings is 1. The minimum atomic E-state index is -0.851. The van der Waals surface area contributed by atoms with E-state index in [9.17, 15) is 24.0 Å². The van der Waals surface area contributed by atoms with Gasteiger partial charge >= 0.3 is 23.9 Å². The summed E-state index contributed by atoms with van der Waals surface area (Å²) >= 11 is 0. The lowest BCUT2D eigenvalue weighted by molar-refractivity contribution is -0.223. The van der Waals surface area contributed by atoms with Crippen molar-refractivity contribution in [3.05, 3.63) is 35.9 Å². The van der Waals surface area contributed by atoms with E-state index in [0.29, 0.717) is 37.7 Å². The molecule has 0 amide bonds. The van der Waals surface area contributed by atoms with Gasteiger partial charge in [0.25, 0.3) is 5.78 Å². The average Bonchev–Trinajstić information content (AvgIpc) is 3.38. The Labute approximate surface area is 272 Å². The van der Waals surface area contributed by atoms with Gasteiger partial charge in [-0.2, -0.15) is 0 Å². The molecule has 0 N–H and O–H groups in total. The predicted molar refractivity (Wildman–Crippen MR) is 168 cm³/mol. The molecule has 0 saturated heterocycles. The normalized spacial score (nSPS) is 37.0. The van der Waals surface area contributed by atoms with Crippen LogP contribution in [0.4, 0.5) is 0 Å². The first-order chi connectivity index (χ1) is 21.8. The fraction of sp³-hybridized carbons (Fsp3) is 0.703. The van der Waals surface area contributed by atoms with Crippen molar-refractivity contribution in [2.75, 3.05) is 7.11 Å². The Hall–Kier alpha value is -3.23. The van der Waals surface area contributed by atoms with E-state index in [0.717, 1.165) is 25.7 Å². The van der Waals surface area contributed by atoms with Crippen LogP contribution in [0.3, 0.4) is 0 Å². The van der Waals surface area contributed by atoms with Crippen LogP contribution in [0, 0.1) is 46.3 Å². The maximum atomic E-state index is 13.5. The van der Waals surface area contributed by atoms with Gasteiger partial charge in [0.2, 0.25) is 0 Å². The van der Waals surface area contributed by atoms with Crippen molar-refractivity contribution >= 4 is 29.7 Å². The first kappa shape index (κ1) is 34.1. The molecule has 9 heteroatoms. The highest BCUT2D eigenvalue weighted by molar-refractivity contribution is 6.40. The number of fused-ring (bicyclic) bond motifs is 5. The van der Waals surface area contributed by atoms with Gasteiger partial charge in [0, 0.05) is 37.2 Å². The summed E-state index contributed by atoms with van der Waals surface area (Å²) < 4.78 is 23.1. The fourth-order valence-corrected chi connectivity index (χ4v) is 10.5. The molecule has 0 spiro atoms. The zero-order chi connectivity index (χ0) is 33.4. The molecule has 1 aromatic rings. The second kappa shape index (κ2) is 13.5. The minimum absolute atomic E-state index is 0.0336. The Balaban J connectivity index is 1.51. The van der Waals surface area contributed by atoms with Gasteiger partial charge in [-0.25, -0.2) is 4.79 Å². The van der Waals surface area contributed by atoms with Crippen molar-refractivity contribution < 1.29 is 42.9 Å². The third kappa shape index (κ3) is 6.35. The summed E-state index contributed by atoms with van der Waals surface area (Å²) in [5.74, 6) is -1.81. The molecule has 4 aliphatic rings. The summed E-state index contributed by atoms with van der Waals surface area (Å²) in [6.45, 7) is 9.60. The number of methoxy groups -OCH3 is 1. The number of hydrogen-bond donors (Lipinski definition) is 0. The minimum Gasteiger partial charge on any atom is -0.469 e. The van der Waals surface area contributed by atoms with Gasteiger partial charge in [-0.3, -0.25) is 19.2 Å². The number of ketones is 1. The number of Topliss-reactive ketones (excluding diaryl/α,β-unsaturated/α-hetero) is 1. The third-order valence-electron chi connectivity index (χ3n) is 12.6. The van der Waals surface area contributed by atoms with Gasteiger partial charge in [0.05, 0.1) is 7.11 Å². The first-order valence-corrected chi connectivity index (χ1v) is 17.0. The number of ether oxygens (including phenoxy) is 4. The zero-order valence-electron chi connectivity index (χ0n) is 28.1. The predicted octanol–water partition coefficient (Wildman–Crippen LogP) is 6.11. The largest absolute Gasteiger partial charge is 0.469 e. The van der Waals surface area contributed by atoms with Crippen LogP contribution in [0.2, 0.25) is 0 Å². The molecule has 0 aliphatic heterocycles. The molecule has 4 fully saturated rings. The van der Waals surface area contributed by atoms with Crippen molar-refractivity contribution in [1.29, 1.82) is 0 Å². The molecule has 5 rings (SSSR count). The van der Waals surface area contributed by atoms with Crippen LogP contribution in [0.1, 0.15) is 103 Å². The van der Waals surface area contributed by atoms with Gasteiger partial charge in [-0.15, -0.1) is 0 Å². The molecule has 9 nitrogen and oxygen atoms in total. The van der Waals surface area contributed by atoms with Crippen molar-refractivity contribution in [3.8, 4) is 0 Å². The molecule has 0 unspecified atom stereocenters. The van der Waals surface area contributed by atoms with Crippen LogP contribution in [0.5, 0.6) is 0 Å². The smallest absolute Gasteiger partial charge is 0.379 e. The molecule has 4 aliphatic carbocycles. The summed E-state index contributed by atoms with van der Waals surface area (Å²) in [6, 6.07) is 8.48. The van der Waals surface area contributed by atoms with Gasteiger partial charge < -0.3 is 18.9 Å². The second-order valence-corrected chi connectivity index (χ2v) is 14.8. The van der Waals surface area contributed by atoms with Crippen molar-refractivity contribution in [2.24, 2.45) is 46.3 Å². The highest BCUT2D eigenvalue weighted by Gasteiger charge is 2.67. The van der Waals surface area contributed by atoms with Crippen molar-refractivity contribution in [3.63, 3.8) is 0 Å². The zero-order valence-corrected chi connectivity index (χ0v) is 28.1. The van der Waals surface area contributed by atoms with E-state index in [1.165, 1.54) is 21.0 Å². The van der Waals surface area contributed by atoms with Crippen LogP contribution in [-0.4, -0.2) is 55.1 Å². The molecular formula is C37H50O9. The topological polar surface area (TPSA) is 122 Å². The van der Waals surface area contributed by atoms with E-state index >= 15 is 0 Å². The summed E-state index contributed by atoms with van der Waals surface area (Å²) in [6.07, 6.45) is 5.18. The van der Waals surface area contributed by atoms with Gasteiger partial charge in [-0.1, -0.05) is 51.1 Å². The maximum Gasteiger partial charge on any atom is 0.379 e. The average molecular weight is 639 g/mol. The van der Waals surface area contributed by atoms with Gasteiger partial charge in [-0.05, 0) is 86.4 Å². The molecule has 0 bridgehead atoms. The van der Waals surface area contributed by atoms with E-state index in [4.69, 9.17) is 18.9 Å². The summed E-state index contributed by atoms with van der Waals surface area (Å²) in [4.78, 5) is 63.3. The standard InChI is InChI=1S/C37H50O9/c1-21(12-15-32(40)43-6)27-13-14-28-33-29(20-31(37(27,28)5)45-23(3)39)36(4)17-16-26(44-22(2)38)18-25(36)19-30(33)46-35(42)34(41)24-10-8-7-9-11-24/h7-11,21,25-31,33H,12-20H2,1-6H3/t21-,25+,26-,27-,28+,29+,30-,31+,33+,36+,37-/m1/s1. The highest BCUT2D eigenvalue weighted by Crippen LogP contribution is 2.69. The number of hydrogen-bond acceptors (Lipinski definition) is 9. The number of rotatable bonds is 9. The molecular weight excluding hydrogens is 588 g/mol. The van der Waals surface area contributed by atoms with Crippen LogP contribution in [0.25, 0.3) is 0 Å². The lowest BCUT2D eigenvalue weighted by Crippen LogP contribution is -2.63. The second-order valence-electron chi connectivity index (χ2n) is 14.8. The van der Waals surface area contributed by atoms with E-state index < -0.39 is 23.3 Å². The molecule has 4 saturated carbocycles. The number of carbonyl (C=O) groups excluding carboxylic acids is 5. The van der Waals surface area contributed by atoms with Crippen molar-refractivity contribution in [2.45, 2.75) is 111 Å². The monoisotopic (exact) mass is 638 g/mol. The first-order valence-electron chi connectivity index (χ1n) is 17.0. The fourth-order valence-electron chi connectivity index (χ4n) is 10.5. The number of esters is 4. The molecule has 0 aromatic heterocycles. The quantitative estimate of drug-likeness (QED) is 0.136.